The Kier molecular flexibility index (Phi) is 5.04. The summed E-state index contributed by atoms with van der Waals surface area (Å²) in [4.78, 5) is 7.68. The van der Waals surface area contributed by atoms with Crippen LogP contribution in [-0.4, -0.2) is 60.8 Å². The first-order valence-corrected chi connectivity index (χ1v) is 9.49. The van der Waals surface area contributed by atoms with Crippen molar-refractivity contribution in [2.24, 2.45) is 0 Å². The highest BCUT2D eigenvalue weighted by Crippen LogP contribution is 2.31. The number of nitrogens with zero attached hydrogens (tertiary/aromatic N) is 4. The lowest BCUT2D eigenvalue weighted by atomic mass is 10.1. The topological polar surface area (TPSA) is 35.8 Å². The number of hydrogen-bond donors (Lipinski definition) is 0. The molecule has 0 saturated carbocycles. The maximum atomic E-state index is 5.28. The smallest absolute Gasteiger partial charge is 0.133 e. The van der Waals surface area contributed by atoms with Crippen molar-refractivity contribution >= 4 is 5.69 Å². The Labute approximate surface area is 150 Å². The zero-order chi connectivity index (χ0) is 17.1. The minimum absolute atomic E-state index is 0.447. The van der Waals surface area contributed by atoms with Crippen molar-refractivity contribution in [2.45, 2.75) is 25.8 Å². The molecule has 5 heteroatoms. The van der Waals surface area contributed by atoms with Crippen LogP contribution in [0.25, 0.3) is 0 Å². The van der Waals surface area contributed by atoms with E-state index in [1.54, 1.807) is 0 Å². The molecule has 2 fully saturated rings. The lowest BCUT2D eigenvalue weighted by Gasteiger charge is -2.37. The summed E-state index contributed by atoms with van der Waals surface area (Å²) < 4.78 is 5.28. The van der Waals surface area contributed by atoms with Gasteiger partial charge in [0.25, 0.3) is 0 Å². The molecule has 1 aromatic carbocycles. The van der Waals surface area contributed by atoms with Gasteiger partial charge in [0, 0.05) is 51.0 Å². The third-order valence-electron chi connectivity index (χ3n) is 5.55. The molecule has 1 atom stereocenters. The van der Waals surface area contributed by atoms with E-state index in [-0.39, 0.29) is 0 Å². The summed E-state index contributed by atoms with van der Waals surface area (Å²) in [5.74, 6) is 0.916. The average molecular weight is 340 g/mol. The Morgan fingerprint density at radius 1 is 1.04 bits per heavy atom. The van der Waals surface area contributed by atoms with Crippen molar-refractivity contribution in [3.05, 3.63) is 47.9 Å². The zero-order valence-corrected chi connectivity index (χ0v) is 15.1. The minimum Gasteiger partial charge on any atom is -0.369 e. The van der Waals surface area contributed by atoms with E-state index in [2.05, 4.69) is 56.3 Å². The van der Waals surface area contributed by atoms with Crippen LogP contribution in [-0.2, 0) is 0 Å². The van der Waals surface area contributed by atoms with E-state index in [9.17, 15) is 0 Å². The second-order valence-electron chi connectivity index (χ2n) is 7.22. The summed E-state index contributed by atoms with van der Waals surface area (Å²) in [6.45, 7) is 9.97. The van der Waals surface area contributed by atoms with Gasteiger partial charge in [-0.3, -0.25) is 9.80 Å². The normalized spacial score (nSPS) is 22.6. The van der Waals surface area contributed by atoms with Crippen LogP contribution in [0.3, 0.4) is 0 Å². The van der Waals surface area contributed by atoms with Gasteiger partial charge in [-0.15, -0.1) is 0 Å². The second kappa shape index (κ2) is 7.58. The van der Waals surface area contributed by atoms with E-state index in [0.29, 0.717) is 6.04 Å². The quantitative estimate of drug-likeness (QED) is 0.836. The van der Waals surface area contributed by atoms with Crippen molar-refractivity contribution in [1.82, 2.24) is 15.0 Å². The zero-order valence-electron chi connectivity index (χ0n) is 15.1. The summed E-state index contributed by atoms with van der Waals surface area (Å²) in [6, 6.07) is 13.3. The van der Waals surface area contributed by atoms with Gasteiger partial charge in [-0.2, -0.15) is 0 Å². The van der Waals surface area contributed by atoms with Crippen LogP contribution >= 0.6 is 0 Å². The molecule has 3 heterocycles. The van der Waals surface area contributed by atoms with Crippen molar-refractivity contribution in [3.63, 3.8) is 0 Å². The van der Waals surface area contributed by atoms with Gasteiger partial charge in [-0.25, -0.2) is 0 Å². The van der Waals surface area contributed by atoms with Gasteiger partial charge in [0.05, 0.1) is 6.04 Å². The van der Waals surface area contributed by atoms with E-state index in [4.69, 9.17) is 4.52 Å². The molecule has 0 aliphatic carbocycles. The van der Waals surface area contributed by atoms with Crippen LogP contribution in [0.5, 0.6) is 0 Å². The number of benzene rings is 1. The van der Waals surface area contributed by atoms with E-state index < -0.39 is 0 Å². The highest BCUT2D eigenvalue weighted by molar-refractivity contribution is 5.46. The minimum atomic E-state index is 0.447. The van der Waals surface area contributed by atoms with Crippen molar-refractivity contribution in [3.8, 4) is 0 Å². The van der Waals surface area contributed by atoms with E-state index >= 15 is 0 Å². The molecule has 134 valence electrons. The molecule has 0 radical (unpaired) electrons. The largest absolute Gasteiger partial charge is 0.369 e. The highest BCUT2D eigenvalue weighted by Gasteiger charge is 2.28. The number of hydrogen-bond acceptors (Lipinski definition) is 5. The standard InChI is InChI=1S/C20H28N4O/c1-17-16-19(21-25-17)20-8-5-9-24(20)15-12-22-10-13-23(14-11-22)18-6-3-2-4-7-18/h2-4,6-7,16,20H,5,8-15H2,1H3/t20-/m0/s1. The number of likely N-dealkylation sites (tertiary alicyclic amines) is 1. The molecule has 2 aliphatic rings. The summed E-state index contributed by atoms with van der Waals surface area (Å²) >= 11 is 0. The molecule has 0 bridgehead atoms. The summed E-state index contributed by atoms with van der Waals surface area (Å²) in [5.41, 5.74) is 2.46. The lowest BCUT2D eigenvalue weighted by Crippen LogP contribution is -2.48. The van der Waals surface area contributed by atoms with Gasteiger partial charge in [0.1, 0.15) is 11.5 Å². The van der Waals surface area contributed by atoms with Crippen LogP contribution in [0.2, 0.25) is 0 Å². The number of piperazine rings is 1. The fraction of sp³-hybridized carbons (Fsp3) is 0.550. The van der Waals surface area contributed by atoms with Gasteiger partial charge in [0.15, 0.2) is 0 Å². The van der Waals surface area contributed by atoms with Gasteiger partial charge in [0.2, 0.25) is 0 Å². The number of para-hydroxylation sites is 1. The fourth-order valence-electron chi connectivity index (χ4n) is 4.11. The van der Waals surface area contributed by atoms with Crippen LogP contribution in [0.1, 0.15) is 30.3 Å². The molecule has 0 spiro atoms. The van der Waals surface area contributed by atoms with Crippen molar-refractivity contribution in [2.75, 3.05) is 50.7 Å². The first kappa shape index (κ1) is 16.6. The molecular weight excluding hydrogens is 312 g/mol. The number of anilines is 1. The average Bonchev–Trinajstić information content (AvgIpc) is 3.29. The Balaban J connectivity index is 1.26. The van der Waals surface area contributed by atoms with Crippen LogP contribution < -0.4 is 4.90 Å². The number of rotatable bonds is 5. The van der Waals surface area contributed by atoms with Crippen molar-refractivity contribution < 1.29 is 4.52 Å². The third kappa shape index (κ3) is 3.88. The maximum Gasteiger partial charge on any atom is 0.133 e. The SMILES string of the molecule is Cc1cc([C@@H]2CCCN2CCN2CCN(c3ccccc3)CC2)no1. The molecule has 2 saturated heterocycles. The first-order chi connectivity index (χ1) is 12.3. The van der Waals surface area contributed by atoms with Gasteiger partial charge in [-0.05, 0) is 38.4 Å². The van der Waals surface area contributed by atoms with Crippen LogP contribution in [0, 0.1) is 6.92 Å². The fourth-order valence-corrected chi connectivity index (χ4v) is 4.11. The van der Waals surface area contributed by atoms with E-state index in [1.165, 1.54) is 25.1 Å². The number of aromatic nitrogens is 1. The molecule has 25 heavy (non-hydrogen) atoms. The summed E-state index contributed by atoms with van der Waals surface area (Å²) in [6.07, 6.45) is 2.46. The summed E-state index contributed by atoms with van der Waals surface area (Å²) in [5, 5.41) is 4.25. The Hall–Kier alpha value is -1.85. The van der Waals surface area contributed by atoms with E-state index in [0.717, 1.165) is 50.7 Å². The molecule has 0 N–H and O–H groups in total. The lowest BCUT2D eigenvalue weighted by molar-refractivity contribution is 0.183. The Morgan fingerprint density at radius 2 is 1.84 bits per heavy atom. The molecule has 4 rings (SSSR count). The highest BCUT2D eigenvalue weighted by atomic mass is 16.5. The van der Waals surface area contributed by atoms with Gasteiger partial charge < -0.3 is 9.42 Å². The second-order valence-corrected chi connectivity index (χ2v) is 7.22. The van der Waals surface area contributed by atoms with Gasteiger partial charge in [-0.1, -0.05) is 23.4 Å². The Morgan fingerprint density at radius 3 is 2.56 bits per heavy atom. The molecule has 5 nitrogen and oxygen atoms in total. The first-order valence-electron chi connectivity index (χ1n) is 9.49. The monoisotopic (exact) mass is 340 g/mol. The predicted octanol–water partition coefficient (Wildman–Crippen LogP) is 2.94. The van der Waals surface area contributed by atoms with Crippen molar-refractivity contribution in [1.29, 1.82) is 0 Å². The third-order valence-corrected chi connectivity index (χ3v) is 5.55. The molecule has 0 amide bonds. The van der Waals surface area contributed by atoms with Gasteiger partial charge >= 0.3 is 0 Å². The number of aryl methyl sites for hydroxylation is 1. The van der Waals surface area contributed by atoms with Crippen LogP contribution in [0.4, 0.5) is 5.69 Å². The van der Waals surface area contributed by atoms with E-state index in [1.807, 2.05) is 6.92 Å². The predicted molar refractivity (Wildman–Crippen MR) is 99.9 cm³/mol. The molecular formula is C20H28N4O. The molecule has 2 aliphatic heterocycles. The molecule has 2 aromatic rings. The molecule has 1 aromatic heterocycles. The maximum absolute atomic E-state index is 5.28. The molecule has 0 unspecified atom stereocenters. The summed E-state index contributed by atoms with van der Waals surface area (Å²) in [7, 11) is 0. The van der Waals surface area contributed by atoms with Crippen LogP contribution in [0.15, 0.2) is 40.9 Å². The Bertz CT molecular complexity index is 663.